The smallest absolute Gasteiger partial charge is 0.201 e. The number of rotatable bonds is 1. The van der Waals surface area contributed by atoms with Crippen molar-refractivity contribution in [3.63, 3.8) is 0 Å². The van der Waals surface area contributed by atoms with Crippen LogP contribution in [0.25, 0.3) is 11.0 Å². The molecule has 0 aliphatic rings. The molecule has 3 nitrogen and oxygen atoms in total. The van der Waals surface area contributed by atoms with Crippen molar-refractivity contribution in [2.45, 2.75) is 20.4 Å². The standard InChI is InChI=1S/C10H12FN3/c1-3-14-9-4-6(2)7(11)5-8(9)13-10(14)12/h4-5H,3H2,1-2H3,(H2,12,13). The number of fused-ring (bicyclic) bond motifs is 1. The molecule has 2 aromatic rings. The number of nitrogens with zero attached hydrogens (tertiary/aromatic N) is 2. The highest BCUT2D eigenvalue weighted by molar-refractivity contribution is 5.79. The lowest BCUT2D eigenvalue weighted by Gasteiger charge is -2.02. The first-order valence-electron chi connectivity index (χ1n) is 4.55. The summed E-state index contributed by atoms with van der Waals surface area (Å²) in [4.78, 5) is 4.09. The SMILES string of the molecule is CCn1c(N)nc2cc(F)c(C)cc21. The normalized spacial score (nSPS) is 11.1. The van der Waals surface area contributed by atoms with Crippen molar-refractivity contribution in [2.24, 2.45) is 0 Å². The molecule has 0 unspecified atom stereocenters. The third-order valence-electron chi connectivity index (χ3n) is 2.37. The fourth-order valence-corrected chi connectivity index (χ4v) is 1.60. The van der Waals surface area contributed by atoms with Crippen molar-refractivity contribution in [1.29, 1.82) is 0 Å². The van der Waals surface area contributed by atoms with Gasteiger partial charge in [-0.25, -0.2) is 9.37 Å². The van der Waals surface area contributed by atoms with Crippen LogP contribution in [0, 0.1) is 12.7 Å². The summed E-state index contributed by atoms with van der Waals surface area (Å²) >= 11 is 0. The number of aryl methyl sites for hydroxylation is 2. The Balaban J connectivity index is 2.82. The zero-order valence-corrected chi connectivity index (χ0v) is 8.21. The molecule has 0 bridgehead atoms. The Morgan fingerprint density at radius 3 is 2.86 bits per heavy atom. The molecule has 0 amide bonds. The second-order valence-electron chi connectivity index (χ2n) is 3.30. The Bertz CT molecular complexity index is 488. The quantitative estimate of drug-likeness (QED) is 0.753. The Hall–Kier alpha value is -1.58. The van der Waals surface area contributed by atoms with Crippen LogP contribution in [-0.4, -0.2) is 9.55 Å². The summed E-state index contributed by atoms with van der Waals surface area (Å²) in [7, 11) is 0. The molecule has 74 valence electrons. The second kappa shape index (κ2) is 2.97. The molecule has 0 spiro atoms. The predicted molar refractivity (Wildman–Crippen MR) is 54.5 cm³/mol. The van der Waals surface area contributed by atoms with Gasteiger partial charge < -0.3 is 10.3 Å². The zero-order chi connectivity index (χ0) is 10.3. The largest absolute Gasteiger partial charge is 0.369 e. The lowest BCUT2D eigenvalue weighted by Crippen LogP contribution is -2.00. The van der Waals surface area contributed by atoms with Crippen LogP contribution < -0.4 is 5.73 Å². The monoisotopic (exact) mass is 193 g/mol. The maximum atomic E-state index is 13.2. The molecule has 0 aliphatic carbocycles. The van der Waals surface area contributed by atoms with Crippen LogP contribution in [0.4, 0.5) is 10.3 Å². The summed E-state index contributed by atoms with van der Waals surface area (Å²) in [5.41, 5.74) is 7.82. The lowest BCUT2D eigenvalue weighted by atomic mass is 10.2. The van der Waals surface area contributed by atoms with Crippen LogP contribution in [0.3, 0.4) is 0 Å². The van der Waals surface area contributed by atoms with E-state index in [1.807, 2.05) is 11.5 Å². The van der Waals surface area contributed by atoms with Gasteiger partial charge in [-0.1, -0.05) is 0 Å². The summed E-state index contributed by atoms with van der Waals surface area (Å²) in [6.07, 6.45) is 0. The molecule has 14 heavy (non-hydrogen) atoms. The van der Waals surface area contributed by atoms with Gasteiger partial charge in [-0.2, -0.15) is 0 Å². The van der Waals surface area contributed by atoms with Crippen LogP contribution in [0.5, 0.6) is 0 Å². The van der Waals surface area contributed by atoms with Gasteiger partial charge in [0.2, 0.25) is 5.95 Å². The van der Waals surface area contributed by atoms with E-state index in [2.05, 4.69) is 4.98 Å². The van der Waals surface area contributed by atoms with E-state index in [9.17, 15) is 4.39 Å². The van der Waals surface area contributed by atoms with Gasteiger partial charge in [-0.05, 0) is 25.5 Å². The molecule has 0 atom stereocenters. The Kier molecular flexibility index (Phi) is 1.91. The molecule has 0 saturated heterocycles. The number of anilines is 1. The number of hydrogen-bond donors (Lipinski definition) is 1. The maximum absolute atomic E-state index is 13.2. The van der Waals surface area contributed by atoms with E-state index in [-0.39, 0.29) is 5.82 Å². The van der Waals surface area contributed by atoms with Crippen molar-refractivity contribution in [2.75, 3.05) is 5.73 Å². The van der Waals surface area contributed by atoms with E-state index in [0.717, 1.165) is 12.1 Å². The van der Waals surface area contributed by atoms with Gasteiger partial charge in [0.15, 0.2) is 0 Å². The van der Waals surface area contributed by atoms with Gasteiger partial charge >= 0.3 is 0 Å². The summed E-state index contributed by atoms with van der Waals surface area (Å²) < 4.78 is 15.1. The van der Waals surface area contributed by atoms with Crippen LogP contribution in [0.15, 0.2) is 12.1 Å². The van der Waals surface area contributed by atoms with Crippen molar-refractivity contribution < 1.29 is 4.39 Å². The van der Waals surface area contributed by atoms with Gasteiger partial charge in [0.1, 0.15) is 5.82 Å². The number of imidazole rings is 1. The lowest BCUT2D eigenvalue weighted by molar-refractivity contribution is 0.620. The molecular weight excluding hydrogens is 181 g/mol. The Morgan fingerprint density at radius 1 is 1.50 bits per heavy atom. The summed E-state index contributed by atoms with van der Waals surface area (Å²) in [6, 6.07) is 3.20. The van der Waals surface area contributed by atoms with E-state index in [4.69, 9.17) is 5.73 Å². The minimum absolute atomic E-state index is 0.238. The fourth-order valence-electron chi connectivity index (χ4n) is 1.60. The topological polar surface area (TPSA) is 43.8 Å². The number of halogens is 1. The third kappa shape index (κ3) is 1.14. The summed E-state index contributed by atoms with van der Waals surface area (Å²) in [5, 5.41) is 0. The highest BCUT2D eigenvalue weighted by Gasteiger charge is 2.09. The molecule has 0 saturated carbocycles. The number of nitrogens with two attached hydrogens (primary N) is 1. The minimum Gasteiger partial charge on any atom is -0.369 e. The second-order valence-corrected chi connectivity index (χ2v) is 3.30. The predicted octanol–water partition coefficient (Wildman–Crippen LogP) is 2.09. The van der Waals surface area contributed by atoms with Gasteiger partial charge in [0.05, 0.1) is 11.0 Å². The van der Waals surface area contributed by atoms with E-state index in [1.54, 1.807) is 13.0 Å². The molecule has 0 radical (unpaired) electrons. The first-order valence-corrected chi connectivity index (χ1v) is 4.55. The van der Waals surface area contributed by atoms with E-state index in [0.29, 0.717) is 17.0 Å². The summed E-state index contributed by atoms with van der Waals surface area (Å²) in [5.74, 6) is 0.200. The van der Waals surface area contributed by atoms with Gasteiger partial charge in [0.25, 0.3) is 0 Å². The van der Waals surface area contributed by atoms with E-state index < -0.39 is 0 Å². The first-order chi connectivity index (χ1) is 6.63. The van der Waals surface area contributed by atoms with Crippen molar-refractivity contribution >= 4 is 17.0 Å². The van der Waals surface area contributed by atoms with Crippen LogP contribution in [0.1, 0.15) is 12.5 Å². The summed E-state index contributed by atoms with van der Waals surface area (Å²) in [6.45, 7) is 4.46. The third-order valence-corrected chi connectivity index (χ3v) is 2.37. The molecule has 1 heterocycles. The first kappa shape index (κ1) is 8.99. The molecule has 2 rings (SSSR count). The fraction of sp³-hybridized carbons (Fsp3) is 0.300. The molecule has 0 aliphatic heterocycles. The minimum atomic E-state index is -0.238. The van der Waals surface area contributed by atoms with Gasteiger partial charge in [-0.15, -0.1) is 0 Å². The molecule has 1 aromatic heterocycles. The molecule has 4 heteroatoms. The highest BCUT2D eigenvalue weighted by Crippen LogP contribution is 2.21. The van der Waals surface area contributed by atoms with E-state index in [1.165, 1.54) is 6.07 Å². The maximum Gasteiger partial charge on any atom is 0.201 e. The molecule has 2 N–H and O–H groups in total. The van der Waals surface area contributed by atoms with Crippen molar-refractivity contribution in [3.05, 3.63) is 23.5 Å². The van der Waals surface area contributed by atoms with Crippen LogP contribution in [-0.2, 0) is 6.54 Å². The number of hydrogen-bond acceptors (Lipinski definition) is 2. The highest BCUT2D eigenvalue weighted by atomic mass is 19.1. The zero-order valence-electron chi connectivity index (χ0n) is 8.21. The number of nitrogen functional groups attached to an aromatic ring is 1. The van der Waals surface area contributed by atoms with Gasteiger partial charge in [0, 0.05) is 12.6 Å². The van der Waals surface area contributed by atoms with Crippen molar-refractivity contribution in [3.8, 4) is 0 Å². The van der Waals surface area contributed by atoms with Crippen LogP contribution in [0.2, 0.25) is 0 Å². The number of aromatic nitrogens is 2. The Labute approximate surface area is 81.4 Å². The van der Waals surface area contributed by atoms with E-state index >= 15 is 0 Å². The molecule has 0 fully saturated rings. The van der Waals surface area contributed by atoms with Gasteiger partial charge in [-0.3, -0.25) is 0 Å². The average Bonchev–Trinajstić information content (AvgIpc) is 2.42. The van der Waals surface area contributed by atoms with Crippen molar-refractivity contribution in [1.82, 2.24) is 9.55 Å². The molecular formula is C10H12FN3. The average molecular weight is 193 g/mol. The number of benzene rings is 1. The molecule has 1 aromatic carbocycles. The van der Waals surface area contributed by atoms with Crippen LogP contribution >= 0.6 is 0 Å². The Morgan fingerprint density at radius 2 is 2.21 bits per heavy atom.